The summed E-state index contributed by atoms with van der Waals surface area (Å²) in [7, 11) is 0. The van der Waals surface area contributed by atoms with E-state index in [-0.39, 0.29) is 0 Å². The average Bonchev–Trinajstić information content (AvgIpc) is 2.41. The van der Waals surface area contributed by atoms with Gasteiger partial charge >= 0.3 is 0 Å². The molecule has 1 rings (SSSR count). The smallest absolute Gasteiger partial charge is 0.102 e. The third-order valence-corrected chi connectivity index (χ3v) is 3.91. The van der Waals surface area contributed by atoms with Crippen molar-refractivity contribution in [3.05, 3.63) is 25.9 Å². The van der Waals surface area contributed by atoms with Gasteiger partial charge in [-0.1, -0.05) is 57.7 Å². The van der Waals surface area contributed by atoms with Gasteiger partial charge in [0, 0.05) is 10.9 Å². The summed E-state index contributed by atoms with van der Waals surface area (Å²) in [4.78, 5) is 0. The van der Waals surface area contributed by atoms with Crippen LogP contribution in [0.2, 0.25) is 8.67 Å². The molecule has 4 heteroatoms. The summed E-state index contributed by atoms with van der Waals surface area (Å²) in [6.07, 6.45) is 3.11. The minimum Gasteiger partial charge on any atom is -0.111 e. The van der Waals surface area contributed by atoms with Gasteiger partial charge in [0.2, 0.25) is 0 Å². The highest BCUT2D eigenvalue weighted by Crippen LogP contribution is 2.32. The zero-order valence-electron chi connectivity index (χ0n) is 7.11. The minimum atomic E-state index is 0.737. The van der Waals surface area contributed by atoms with Gasteiger partial charge in [0.25, 0.3) is 0 Å². The van der Waals surface area contributed by atoms with E-state index in [1.54, 1.807) is 0 Å². The predicted molar refractivity (Wildman–Crippen MR) is 66.4 cm³/mol. The maximum Gasteiger partial charge on any atom is 0.102 e. The molecule has 0 amide bonds. The molecule has 0 aliphatic heterocycles. The molecule has 72 valence electrons. The van der Waals surface area contributed by atoms with Gasteiger partial charge in [0.15, 0.2) is 0 Å². The first kappa shape index (κ1) is 11.6. The van der Waals surface area contributed by atoms with Crippen molar-refractivity contribution in [2.75, 3.05) is 5.33 Å². The van der Waals surface area contributed by atoms with E-state index in [2.05, 4.69) is 28.9 Å². The van der Waals surface area contributed by atoms with Gasteiger partial charge in [-0.15, -0.1) is 11.3 Å². The Bertz CT molecular complexity index is 311. The summed E-state index contributed by atoms with van der Waals surface area (Å²) in [6, 6.07) is 1.90. The molecule has 0 aliphatic carbocycles. The molecule has 0 fully saturated rings. The molecule has 0 atom stereocenters. The van der Waals surface area contributed by atoms with E-state index in [0.29, 0.717) is 0 Å². The van der Waals surface area contributed by atoms with E-state index in [1.165, 1.54) is 16.9 Å². The molecule has 1 aromatic rings. The maximum atomic E-state index is 5.98. The second-order valence-corrected chi connectivity index (χ2v) is 5.42. The Morgan fingerprint density at radius 3 is 2.69 bits per heavy atom. The van der Waals surface area contributed by atoms with Crippen LogP contribution in [-0.4, -0.2) is 5.33 Å². The molecule has 0 radical (unpaired) electrons. The zero-order chi connectivity index (χ0) is 9.84. The van der Waals surface area contributed by atoms with Crippen LogP contribution in [0, 0.1) is 0 Å². The van der Waals surface area contributed by atoms with E-state index in [1.807, 2.05) is 6.07 Å². The van der Waals surface area contributed by atoms with Crippen LogP contribution in [0.25, 0.3) is 6.08 Å². The molecule has 0 saturated carbocycles. The van der Waals surface area contributed by atoms with E-state index in [4.69, 9.17) is 23.2 Å². The number of thiophene rings is 1. The van der Waals surface area contributed by atoms with Crippen LogP contribution >= 0.6 is 50.5 Å². The Hall–Kier alpha value is 0.500. The predicted octanol–water partition coefficient (Wildman–Crippen LogP) is 5.24. The fraction of sp³-hybridized carbons (Fsp3) is 0.333. The molecular formula is C9H9BrCl2S. The highest BCUT2D eigenvalue weighted by molar-refractivity contribution is 9.09. The number of hydrogen-bond acceptors (Lipinski definition) is 1. The van der Waals surface area contributed by atoms with Crippen LogP contribution in [0.1, 0.15) is 18.9 Å². The highest BCUT2D eigenvalue weighted by Gasteiger charge is 2.03. The number of alkyl halides is 1. The van der Waals surface area contributed by atoms with Crippen LogP contribution in [0.3, 0.4) is 0 Å². The maximum absolute atomic E-state index is 5.98. The van der Waals surface area contributed by atoms with Gasteiger partial charge in [-0.05, 0) is 12.5 Å². The molecule has 0 saturated heterocycles. The zero-order valence-corrected chi connectivity index (χ0v) is 11.0. The molecule has 0 nitrogen and oxygen atoms in total. The van der Waals surface area contributed by atoms with Crippen LogP contribution in [0.5, 0.6) is 0 Å². The van der Waals surface area contributed by atoms with E-state index < -0.39 is 0 Å². The lowest BCUT2D eigenvalue weighted by molar-refractivity contribution is 1.12. The Kier molecular flexibility index (Phi) is 4.81. The molecule has 0 aromatic carbocycles. The summed E-state index contributed by atoms with van der Waals surface area (Å²) in [5.41, 5.74) is 2.34. The minimum absolute atomic E-state index is 0.737. The number of allylic oxidation sites excluding steroid dienone is 1. The number of hydrogen-bond donors (Lipinski definition) is 0. The lowest BCUT2D eigenvalue weighted by Gasteiger charge is -1.97. The molecule has 0 aliphatic rings. The van der Waals surface area contributed by atoms with Crippen molar-refractivity contribution in [2.45, 2.75) is 13.3 Å². The van der Waals surface area contributed by atoms with Gasteiger partial charge in [-0.2, -0.15) is 0 Å². The molecule has 1 heterocycles. The normalized spacial score (nSPS) is 12.2. The first-order valence-electron chi connectivity index (χ1n) is 3.87. The number of rotatable bonds is 3. The van der Waals surface area contributed by atoms with Crippen LogP contribution in [-0.2, 0) is 0 Å². The van der Waals surface area contributed by atoms with E-state index in [0.717, 1.165) is 26.0 Å². The highest BCUT2D eigenvalue weighted by atomic mass is 79.9. The monoisotopic (exact) mass is 298 g/mol. The van der Waals surface area contributed by atoms with Gasteiger partial charge in [0.05, 0.1) is 4.34 Å². The third-order valence-electron chi connectivity index (χ3n) is 1.67. The lowest BCUT2D eigenvalue weighted by Crippen LogP contribution is -1.80. The Morgan fingerprint density at radius 1 is 1.62 bits per heavy atom. The summed E-state index contributed by atoms with van der Waals surface area (Å²) < 4.78 is 1.50. The van der Waals surface area contributed by atoms with Crippen molar-refractivity contribution in [3.8, 4) is 0 Å². The second-order valence-electron chi connectivity index (χ2n) is 2.57. The Morgan fingerprint density at radius 2 is 2.31 bits per heavy atom. The third kappa shape index (κ3) is 3.28. The fourth-order valence-electron chi connectivity index (χ4n) is 0.906. The van der Waals surface area contributed by atoms with Crippen LogP contribution < -0.4 is 0 Å². The van der Waals surface area contributed by atoms with Crippen molar-refractivity contribution < 1.29 is 0 Å². The van der Waals surface area contributed by atoms with Crippen molar-refractivity contribution in [1.82, 2.24) is 0 Å². The van der Waals surface area contributed by atoms with Crippen molar-refractivity contribution in [3.63, 3.8) is 0 Å². The Labute approximate surface area is 101 Å². The van der Waals surface area contributed by atoms with Crippen molar-refractivity contribution >= 4 is 56.5 Å². The molecule has 0 spiro atoms. The largest absolute Gasteiger partial charge is 0.111 e. The molecule has 13 heavy (non-hydrogen) atoms. The van der Waals surface area contributed by atoms with Crippen LogP contribution in [0.4, 0.5) is 0 Å². The second kappa shape index (κ2) is 5.40. The quantitative estimate of drug-likeness (QED) is 0.669. The summed E-state index contributed by atoms with van der Waals surface area (Å²) in [5.74, 6) is 0. The molecule has 1 aromatic heterocycles. The van der Waals surface area contributed by atoms with Crippen LogP contribution in [0.15, 0.2) is 11.6 Å². The fourth-order valence-corrected chi connectivity index (χ4v) is 2.88. The summed E-state index contributed by atoms with van der Waals surface area (Å²) in [5, 5.41) is 0.882. The molecule has 0 bridgehead atoms. The van der Waals surface area contributed by atoms with Gasteiger partial charge in [-0.25, -0.2) is 0 Å². The average molecular weight is 300 g/mol. The van der Waals surface area contributed by atoms with Gasteiger partial charge in [0.1, 0.15) is 4.34 Å². The molecule has 0 unspecified atom stereocenters. The topological polar surface area (TPSA) is 0 Å². The summed E-state index contributed by atoms with van der Waals surface area (Å²) in [6.45, 7) is 2.12. The van der Waals surface area contributed by atoms with Crippen molar-refractivity contribution in [2.24, 2.45) is 0 Å². The molecule has 0 N–H and O–H groups in total. The van der Waals surface area contributed by atoms with Crippen molar-refractivity contribution in [1.29, 1.82) is 0 Å². The van der Waals surface area contributed by atoms with Gasteiger partial charge in [-0.3, -0.25) is 0 Å². The number of halogens is 3. The van der Waals surface area contributed by atoms with E-state index >= 15 is 0 Å². The van der Waals surface area contributed by atoms with E-state index in [9.17, 15) is 0 Å². The first-order chi connectivity index (χ1) is 6.17. The first-order valence-corrected chi connectivity index (χ1v) is 6.57. The lowest BCUT2D eigenvalue weighted by atomic mass is 10.2. The Balaban J connectivity index is 2.95. The molecular weight excluding hydrogens is 291 g/mol. The standard InChI is InChI=1S/C9H9BrCl2S/c1-2-6(5-10)3-7-4-8(11)13-9(7)12/h3-4H,2,5H2,1H3/b6-3-. The van der Waals surface area contributed by atoms with Gasteiger partial charge < -0.3 is 0 Å². The summed E-state index contributed by atoms with van der Waals surface area (Å²) >= 11 is 16.6. The SMILES string of the molecule is CC/C(=C/c1cc(Cl)sc1Cl)CBr.